The summed E-state index contributed by atoms with van der Waals surface area (Å²) < 4.78 is 14.8. The maximum Gasteiger partial charge on any atom is 0.306 e. The van der Waals surface area contributed by atoms with Crippen LogP contribution in [0.1, 0.15) is 65.7 Å². The highest BCUT2D eigenvalue weighted by molar-refractivity contribution is 5.70. The lowest BCUT2D eigenvalue weighted by Gasteiger charge is -2.17. The standard InChI is InChI=1S/C18H33NO7/c1-13(18(19)23)9-7-5-4-6-8-10-17(22)26-16(11-24-14(2)20)12-25-15(3)21/h13,16,18,23H,4-12,19H2,1-3H3. The van der Waals surface area contributed by atoms with Gasteiger partial charge in [-0.05, 0) is 18.8 Å². The Morgan fingerprint density at radius 2 is 1.42 bits per heavy atom. The summed E-state index contributed by atoms with van der Waals surface area (Å²) in [4.78, 5) is 33.6. The van der Waals surface area contributed by atoms with Gasteiger partial charge in [0.15, 0.2) is 6.10 Å². The van der Waals surface area contributed by atoms with Crippen molar-refractivity contribution in [3.8, 4) is 0 Å². The number of ether oxygens (including phenoxy) is 3. The van der Waals surface area contributed by atoms with Crippen molar-refractivity contribution in [3.05, 3.63) is 0 Å². The van der Waals surface area contributed by atoms with E-state index < -0.39 is 30.2 Å². The van der Waals surface area contributed by atoms with Crippen LogP contribution in [0.25, 0.3) is 0 Å². The third kappa shape index (κ3) is 14.7. The lowest BCUT2D eigenvalue weighted by molar-refractivity contribution is -0.165. The number of hydrogen-bond acceptors (Lipinski definition) is 8. The quantitative estimate of drug-likeness (QED) is 0.203. The highest BCUT2D eigenvalue weighted by Gasteiger charge is 2.17. The molecule has 0 aromatic rings. The van der Waals surface area contributed by atoms with Gasteiger partial charge < -0.3 is 25.1 Å². The molecule has 8 nitrogen and oxygen atoms in total. The molecular formula is C18H33NO7. The second-order valence-electron chi connectivity index (χ2n) is 6.49. The van der Waals surface area contributed by atoms with Crippen LogP contribution in [0.3, 0.4) is 0 Å². The fourth-order valence-corrected chi connectivity index (χ4v) is 2.22. The van der Waals surface area contributed by atoms with Gasteiger partial charge in [0.1, 0.15) is 19.4 Å². The number of carbonyl (C=O) groups excluding carboxylic acids is 3. The molecule has 0 fully saturated rings. The molecule has 0 spiro atoms. The molecule has 0 aliphatic rings. The van der Waals surface area contributed by atoms with Crippen molar-refractivity contribution in [2.75, 3.05) is 13.2 Å². The maximum absolute atomic E-state index is 11.9. The summed E-state index contributed by atoms with van der Waals surface area (Å²) in [6, 6.07) is 0. The molecule has 26 heavy (non-hydrogen) atoms. The van der Waals surface area contributed by atoms with E-state index in [0.29, 0.717) is 6.42 Å². The first-order chi connectivity index (χ1) is 12.2. The number of aliphatic hydroxyl groups is 1. The Hall–Kier alpha value is -1.67. The third-order valence-corrected chi connectivity index (χ3v) is 3.87. The lowest BCUT2D eigenvalue weighted by Crippen LogP contribution is -2.30. The zero-order valence-electron chi connectivity index (χ0n) is 16.1. The fraction of sp³-hybridized carbons (Fsp3) is 0.833. The molecular weight excluding hydrogens is 342 g/mol. The summed E-state index contributed by atoms with van der Waals surface area (Å²) in [7, 11) is 0. The van der Waals surface area contributed by atoms with Crippen LogP contribution in [-0.2, 0) is 28.6 Å². The summed E-state index contributed by atoms with van der Waals surface area (Å²) in [5.41, 5.74) is 5.40. The van der Waals surface area contributed by atoms with Gasteiger partial charge in [0.25, 0.3) is 0 Å². The maximum atomic E-state index is 11.9. The summed E-state index contributed by atoms with van der Waals surface area (Å²) in [5, 5.41) is 9.20. The van der Waals surface area contributed by atoms with Gasteiger partial charge in [-0.25, -0.2) is 0 Å². The first-order valence-corrected chi connectivity index (χ1v) is 9.12. The zero-order valence-corrected chi connectivity index (χ0v) is 16.1. The molecule has 0 aromatic carbocycles. The van der Waals surface area contributed by atoms with Gasteiger partial charge in [0.2, 0.25) is 0 Å². The van der Waals surface area contributed by atoms with E-state index >= 15 is 0 Å². The van der Waals surface area contributed by atoms with Gasteiger partial charge in [-0.2, -0.15) is 0 Å². The van der Waals surface area contributed by atoms with Crippen molar-refractivity contribution < 1.29 is 33.7 Å². The summed E-state index contributed by atoms with van der Waals surface area (Å²) in [5.74, 6) is -1.30. The Morgan fingerprint density at radius 1 is 0.923 bits per heavy atom. The van der Waals surface area contributed by atoms with Crippen LogP contribution in [0.2, 0.25) is 0 Å². The number of rotatable bonds is 14. The molecule has 0 amide bonds. The topological polar surface area (TPSA) is 125 Å². The molecule has 0 bridgehead atoms. The molecule has 0 aromatic heterocycles. The summed E-state index contributed by atoms with van der Waals surface area (Å²) >= 11 is 0. The average molecular weight is 375 g/mol. The molecule has 2 unspecified atom stereocenters. The SMILES string of the molecule is CC(=O)OCC(COC(C)=O)OC(=O)CCCCCCCC(C)C(N)O. The second-order valence-corrected chi connectivity index (χ2v) is 6.49. The minimum Gasteiger partial charge on any atom is -0.462 e. The molecule has 8 heteroatoms. The second kappa shape index (κ2) is 14.5. The Bertz CT molecular complexity index is 408. The van der Waals surface area contributed by atoms with Crippen LogP contribution in [0.4, 0.5) is 0 Å². The smallest absolute Gasteiger partial charge is 0.306 e. The summed E-state index contributed by atoms with van der Waals surface area (Å²) in [6.45, 7) is 4.14. The van der Waals surface area contributed by atoms with Crippen molar-refractivity contribution in [1.82, 2.24) is 0 Å². The van der Waals surface area contributed by atoms with Crippen molar-refractivity contribution in [2.45, 2.75) is 78.0 Å². The molecule has 0 aliphatic heterocycles. The molecule has 0 saturated carbocycles. The van der Waals surface area contributed by atoms with E-state index in [9.17, 15) is 19.5 Å². The zero-order chi connectivity index (χ0) is 19.9. The van der Waals surface area contributed by atoms with E-state index in [0.717, 1.165) is 32.1 Å². The molecule has 0 radical (unpaired) electrons. The average Bonchev–Trinajstić information content (AvgIpc) is 2.55. The molecule has 2 atom stereocenters. The predicted molar refractivity (Wildman–Crippen MR) is 94.8 cm³/mol. The minimum absolute atomic E-state index is 0.0938. The number of esters is 3. The Kier molecular flexibility index (Phi) is 13.6. The van der Waals surface area contributed by atoms with Crippen LogP contribution in [0.15, 0.2) is 0 Å². The van der Waals surface area contributed by atoms with Gasteiger partial charge >= 0.3 is 17.9 Å². The van der Waals surface area contributed by atoms with Gasteiger partial charge in [0, 0.05) is 20.3 Å². The van der Waals surface area contributed by atoms with Gasteiger partial charge in [-0.3, -0.25) is 14.4 Å². The lowest BCUT2D eigenvalue weighted by atomic mass is 10.0. The molecule has 0 heterocycles. The number of nitrogens with two attached hydrogens (primary N) is 1. The molecule has 152 valence electrons. The fourth-order valence-electron chi connectivity index (χ4n) is 2.22. The van der Waals surface area contributed by atoms with Crippen LogP contribution in [-0.4, -0.2) is 48.6 Å². The van der Waals surface area contributed by atoms with Crippen molar-refractivity contribution in [1.29, 1.82) is 0 Å². The van der Waals surface area contributed by atoms with E-state index in [-0.39, 0.29) is 25.6 Å². The van der Waals surface area contributed by atoms with E-state index in [1.807, 2.05) is 6.92 Å². The van der Waals surface area contributed by atoms with Crippen molar-refractivity contribution in [2.24, 2.45) is 11.7 Å². The number of aliphatic hydroxyl groups excluding tert-OH is 1. The number of carbonyl (C=O) groups is 3. The largest absolute Gasteiger partial charge is 0.462 e. The van der Waals surface area contributed by atoms with E-state index in [4.69, 9.17) is 19.9 Å². The first kappa shape index (κ1) is 24.3. The van der Waals surface area contributed by atoms with Crippen LogP contribution < -0.4 is 5.73 Å². The van der Waals surface area contributed by atoms with Crippen molar-refractivity contribution in [3.63, 3.8) is 0 Å². The molecule has 3 N–H and O–H groups in total. The van der Waals surface area contributed by atoms with Gasteiger partial charge in [0.05, 0.1) is 0 Å². The van der Waals surface area contributed by atoms with Crippen molar-refractivity contribution >= 4 is 17.9 Å². The van der Waals surface area contributed by atoms with Gasteiger partial charge in [-0.1, -0.05) is 32.6 Å². The Labute approximate surface area is 155 Å². The van der Waals surface area contributed by atoms with E-state index in [1.165, 1.54) is 13.8 Å². The summed E-state index contributed by atoms with van der Waals surface area (Å²) in [6.07, 6.45) is 4.18. The first-order valence-electron chi connectivity index (χ1n) is 9.12. The van der Waals surface area contributed by atoms with E-state index in [2.05, 4.69) is 0 Å². The molecule has 0 saturated heterocycles. The number of unbranched alkanes of at least 4 members (excludes halogenated alkanes) is 4. The van der Waals surface area contributed by atoms with Gasteiger partial charge in [-0.15, -0.1) is 0 Å². The van der Waals surface area contributed by atoms with E-state index in [1.54, 1.807) is 0 Å². The van der Waals surface area contributed by atoms with Crippen LogP contribution >= 0.6 is 0 Å². The van der Waals surface area contributed by atoms with Crippen LogP contribution in [0, 0.1) is 5.92 Å². The normalized spacial score (nSPS) is 13.2. The molecule has 0 rings (SSSR count). The highest BCUT2D eigenvalue weighted by Crippen LogP contribution is 2.13. The predicted octanol–water partition coefficient (Wildman–Crippen LogP) is 1.67. The highest BCUT2D eigenvalue weighted by atomic mass is 16.6. The number of hydrogen-bond donors (Lipinski definition) is 2. The minimum atomic E-state index is -0.792. The monoisotopic (exact) mass is 375 g/mol. The Balaban J connectivity index is 3.89. The van der Waals surface area contributed by atoms with Crippen LogP contribution in [0.5, 0.6) is 0 Å². The molecule has 0 aliphatic carbocycles. The third-order valence-electron chi connectivity index (χ3n) is 3.87. The Morgan fingerprint density at radius 3 is 1.92 bits per heavy atom.